The molecule has 0 aliphatic carbocycles. The van der Waals surface area contributed by atoms with Crippen LogP contribution in [0.4, 0.5) is 21.0 Å². The van der Waals surface area contributed by atoms with E-state index in [1.54, 1.807) is 38.5 Å². The summed E-state index contributed by atoms with van der Waals surface area (Å²) in [7, 11) is 3.20. The van der Waals surface area contributed by atoms with Gasteiger partial charge in [-0.3, -0.25) is 0 Å². The fourth-order valence-corrected chi connectivity index (χ4v) is 2.92. The maximum absolute atomic E-state index is 12.1. The van der Waals surface area contributed by atoms with Crippen LogP contribution in [-0.4, -0.2) is 26.3 Å². The van der Waals surface area contributed by atoms with Crippen molar-refractivity contribution in [2.24, 2.45) is 0 Å². The molecule has 0 bridgehead atoms. The predicted octanol–water partition coefficient (Wildman–Crippen LogP) is 4.35. The van der Waals surface area contributed by atoms with Gasteiger partial charge >= 0.3 is 12.1 Å². The highest BCUT2D eigenvalue weighted by Crippen LogP contribution is 2.15. The number of ether oxygens (including phenoxy) is 2. The van der Waals surface area contributed by atoms with E-state index in [1.807, 2.05) is 48.5 Å². The van der Waals surface area contributed by atoms with Crippen molar-refractivity contribution < 1.29 is 19.1 Å². The van der Waals surface area contributed by atoms with Crippen molar-refractivity contribution >= 4 is 23.4 Å². The molecular weight excluding hydrogens is 408 g/mol. The van der Waals surface area contributed by atoms with Crippen LogP contribution >= 0.6 is 0 Å². The van der Waals surface area contributed by atoms with Crippen molar-refractivity contribution in [3.8, 4) is 11.5 Å². The number of benzene rings is 3. The van der Waals surface area contributed by atoms with E-state index in [4.69, 9.17) is 9.47 Å². The molecule has 4 N–H and O–H groups in total. The molecule has 0 atom stereocenters. The van der Waals surface area contributed by atoms with Gasteiger partial charge in [-0.15, -0.1) is 0 Å². The minimum atomic E-state index is -0.329. The molecule has 32 heavy (non-hydrogen) atoms. The lowest BCUT2D eigenvalue weighted by Gasteiger charge is -2.11. The fraction of sp³-hybridized carbons (Fsp3) is 0.167. The molecule has 0 fully saturated rings. The third-order valence-corrected chi connectivity index (χ3v) is 4.58. The van der Waals surface area contributed by atoms with Crippen molar-refractivity contribution in [2.75, 3.05) is 24.9 Å². The Balaban J connectivity index is 1.43. The van der Waals surface area contributed by atoms with Crippen molar-refractivity contribution in [3.05, 3.63) is 83.9 Å². The summed E-state index contributed by atoms with van der Waals surface area (Å²) in [4.78, 5) is 24.3. The van der Waals surface area contributed by atoms with Crippen LogP contribution in [0.15, 0.2) is 72.8 Å². The summed E-state index contributed by atoms with van der Waals surface area (Å²) >= 11 is 0. The van der Waals surface area contributed by atoms with E-state index in [1.165, 1.54) is 0 Å². The summed E-state index contributed by atoms with van der Waals surface area (Å²) in [6, 6.07) is 21.1. The molecule has 0 saturated heterocycles. The largest absolute Gasteiger partial charge is 0.497 e. The lowest BCUT2D eigenvalue weighted by molar-refractivity contribution is 0.251. The zero-order valence-corrected chi connectivity index (χ0v) is 18.0. The van der Waals surface area contributed by atoms with Crippen LogP contribution in [0.1, 0.15) is 11.1 Å². The molecule has 3 aromatic carbocycles. The Morgan fingerprint density at radius 2 is 1.06 bits per heavy atom. The third-order valence-electron chi connectivity index (χ3n) is 4.58. The molecular formula is C24H26N4O4. The number of carbonyl (C=O) groups excluding carboxylic acids is 2. The SMILES string of the molecule is COc1cccc(CNC(=O)Nc2ccc(NC(=O)NCc3cccc(OC)c3)cc2)c1. The number of methoxy groups -OCH3 is 2. The molecule has 0 heterocycles. The zero-order chi connectivity index (χ0) is 22.8. The van der Waals surface area contributed by atoms with Gasteiger partial charge in [-0.2, -0.15) is 0 Å². The smallest absolute Gasteiger partial charge is 0.319 e. The van der Waals surface area contributed by atoms with E-state index in [0.29, 0.717) is 24.5 Å². The van der Waals surface area contributed by atoms with E-state index in [2.05, 4.69) is 21.3 Å². The summed E-state index contributed by atoms with van der Waals surface area (Å²) in [6.07, 6.45) is 0. The molecule has 3 rings (SSSR count). The van der Waals surface area contributed by atoms with Gasteiger partial charge < -0.3 is 30.7 Å². The monoisotopic (exact) mass is 434 g/mol. The van der Waals surface area contributed by atoms with Gasteiger partial charge in [0.05, 0.1) is 14.2 Å². The summed E-state index contributed by atoms with van der Waals surface area (Å²) in [5, 5.41) is 11.1. The summed E-state index contributed by atoms with van der Waals surface area (Å²) in [5.41, 5.74) is 3.07. The second kappa shape index (κ2) is 11.3. The fourth-order valence-electron chi connectivity index (χ4n) is 2.92. The van der Waals surface area contributed by atoms with Crippen molar-refractivity contribution in [1.82, 2.24) is 10.6 Å². The molecule has 0 saturated carbocycles. The first-order valence-electron chi connectivity index (χ1n) is 10.0. The maximum atomic E-state index is 12.1. The first-order valence-corrected chi connectivity index (χ1v) is 10.0. The van der Waals surface area contributed by atoms with Gasteiger partial charge in [-0.25, -0.2) is 9.59 Å². The van der Waals surface area contributed by atoms with Gasteiger partial charge in [0.25, 0.3) is 0 Å². The number of urea groups is 2. The van der Waals surface area contributed by atoms with Gasteiger partial charge in [0.1, 0.15) is 11.5 Å². The van der Waals surface area contributed by atoms with Crippen LogP contribution in [0, 0.1) is 0 Å². The van der Waals surface area contributed by atoms with E-state index < -0.39 is 0 Å². The molecule has 3 aromatic rings. The molecule has 8 heteroatoms. The minimum absolute atomic E-state index is 0.329. The van der Waals surface area contributed by atoms with E-state index in [9.17, 15) is 9.59 Å². The number of hydrogen-bond donors (Lipinski definition) is 4. The van der Waals surface area contributed by atoms with Crippen molar-refractivity contribution in [1.29, 1.82) is 0 Å². The molecule has 4 amide bonds. The van der Waals surface area contributed by atoms with Gasteiger partial charge in [0.15, 0.2) is 0 Å². The molecule has 0 aliphatic heterocycles. The van der Waals surface area contributed by atoms with Crippen molar-refractivity contribution in [3.63, 3.8) is 0 Å². The second-order valence-electron chi connectivity index (χ2n) is 6.90. The van der Waals surface area contributed by atoms with E-state index in [0.717, 1.165) is 22.6 Å². The van der Waals surface area contributed by atoms with Crippen LogP contribution in [0.2, 0.25) is 0 Å². The van der Waals surface area contributed by atoms with E-state index >= 15 is 0 Å². The Kier molecular flexibility index (Phi) is 7.91. The Morgan fingerprint density at radius 3 is 1.44 bits per heavy atom. The molecule has 0 aromatic heterocycles. The van der Waals surface area contributed by atoms with E-state index in [-0.39, 0.29) is 12.1 Å². The number of anilines is 2. The minimum Gasteiger partial charge on any atom is -0.497 e. The van der Waals surface area contributed by atoms with Crippen LogP contribution in [0.25, 0.3) is 0 Å². The highest BCUT2D eigenvalue weighted by atomic mass is 16.5. The second-order valence-corrected chi connectivity index (χ2v) is 6.90. The number of hydrogen-bond acceptors (Lipinski definition) is 4. The predicted molar refractivity (Wildman–Crippen MR) is 124 cm³/mol. The Hall–Kier alpha value is -4.20. The lowest BCUT2D eigenvalue weighted by Crippen LogP contribution is -2.28. The molecule has 166 valence electrons. The van der Waals surface area contributed by atoms with Gasteiger partial charge in [-0.05, 0) is 59.7 Å². The number of amides is 4. The first kappa shape index (κ1) is 22.5. The summed E-state index contributed by atoms with van der Waals surface area (Å²) in [5.74, 6) is 1.47. The average molecular weight is 434 g/mol. The number of nitrogens with one attached hydrogen (secondary N) is 4. The standard InChI is InChI=1S/C24H26N4O4/c1-31-21-7-3-5-17(13-21)15-25-23(29)27-19-9-11-20(12-10-19)28-24(30)26-16-18-6-4-8-22(14-18)32-2/h3-14H,15-16H2,1-2H3,(H2,25,27,29)(H2,26,28,30). The Labute approximate surface area is 186 Å². The van der Waals surface area contributed by atoms with Crippen LogP contribution in [0.5, 0.6) is 11.5 Å². The van der Waals surface area contributed by atoms with Gasteiger partial charge in [0.2, 0.25) is 0 Å². The van der Waals surface area contributed by atoms with Gasteiger partial charge in [-0.1, -0.05) is 24.3 Å². The Morgan fingerprint density at radius 1 is 0.656 bits per heavy atom. The van der Waals surface area contributed by atoms with Crippen LogP contribution in [0.3, 0.4) is 0 Å². The number of carbonyl (C=O) groups is 2. The molecule has 8 nitrogen and oxygen atoms in total. The van der Waals surface area contributed by atoms with Crippen molar-refractivity contribution in [2.45, 2.75) is 13.1 Å². The number of rotatable bonds is 8. The Bertz CT molecular complexity index is 969. The van der Waals surface area contributed by atoms with Crippen LogP contribution in [-0.2, 0) is 13.1 Å². The normalized spacial score (nSPS) is 10.1. The molecule has 0 unspecified atom stereocenters. The highest BCUT2D eigenvalue weighted by Gasteiger charge is 2.05. The quantitative estimate of drug-likeness (QED) is 0.423. The molecule has 0 aliphatic rings. The summed E-state index contributed by atoms with van der Waals surface area (Å²) in [6.45, 7) is 0.742. The zero-order valence-electron chi connectivity index (χ0n) is 18.0. The summed E-state index contributed by atoms with van der Waals surface area (Å²) < 4.78 is 10.4. The highest BCUT2D eigenvalue weighted by molar-refractivity contribution is 5.91. The molecule has 0 spiro atoms. The first-order chi connectivity index (χ1) is 15.6. The average Bonchev–Trinajstić information content (AvgIpc) is 2.83. The topological polar surface area (TPSA) is 101 Å². The van der Waals surface area contributed by atoms with Gasteiger partial charge in [0, 0.05) is 24.5 Å². The van der Waals surface area contributed by atoms with Crippen LogP contribution < -0.4 is 30.7 Å². The lowest BCUT2D eigenvalue weighted by atomic mass is 10.2. The molecule has 0 radical (unpaired) electrons. The third kappa shape index (κ3) is 6.94. The maximum Gasteiger partial charge on any atom is 0.319 e.